The Morgan fingerprint density at radius 1 is 1.44 bits per heavy atom. The number of nitrogens with two attached hydrogens (primary N) is 1. The van der Waals surface area contributed by atoms with E-state index in [0.717, 1.165) is 22.3 Å². The van der Waals surface area contributed by atoms with Crippen LogP contribution in [0.1, 0.15) is 36.6 Å². The molecular weight excluding hydrogens is 231 g/mol. The zero-order valence-electron chi connectivity index (χ0n) is 10.4. The number of aryl methyl sites for hydroxylation is 1. The number of benzene rings is 1. The van der Waals surface area contributed by atoms with Crippen LogP contribution in [0.2, 0.25) is 0 Å². The summed E-state index contributed by atoms with van der Waals surface area (Å²) in [6, 6.07) is 4.65. The van der Waals surface area contributed by atoms with E-state index in [0.29, 0.717) is 5.92 Å². The summed E-state index contributed by atoms with van der Waals surface area (Å²) in [6.45, 7) is 1.96. The minimum absolute atomic E-state index is 0.0363. The third kappa shape index (κ3) is 1.72. The summed E-state index contributed by atoms with van der Waals surface area (Å²) < 4.78 is 19.1. The molecule has 0 bridgehead atoms. The topological polar surface area (TPSA) is 51.2 Å². The molecule has 0 amide bonds. The molecule has 3 rings (SSSR count). The molecule has 2 aromatic rings. The lowest BCUT2D eigenvalue weighted by molar-refractivity contribution is 0.210. The molecule has 1 atom stereocenters. The second-order valence-corrected chi connectivity index (χ2v) is 5.07. The number of rotatable bonds is 3. The smallest absolute Gasteiger partial charge is 0.134 e. The summed E-state index contributed by atoms with van der Waals surface area (Å²) in [5.41, 5.74) is 4.56. The molecule has 3 N–H and O–H groups in total. The number of furan rings is 1. The second-order valence-electron chi connectivity index (χ2n) is 5.07. The van der Waals surface area contributed by atoms with Gasteiger partial charge in [-0.2, -0.15) is 0 Å². The lowest BCUT2D eigenvalue weighted by Crippen LogP contribution is -2.36. The average Bonchev–Trinajstić information content (AvgIpc) is 2.61. The molecule has 1 heterocycles. The number of hydrogen-bond acceptors (Lipinski definition) is 3. The standard InChI is InChI=1S/C14H17FN2O/c1-8-11-7-10(15)5-6-12(11)18-14(8)13(17-16)9-3-2-4-9/h5-7,9,13,17H,2-4,16H2,1H3. The lowest BCUT2D eigenvalue weighted by atomic mass is 9.78. The third-order valence-corrected chi connectivity index (χ3v) is 4.02. The van der Waals surface area contributed by atoms with Crippen LogP contribution in [0.3, 0.4) is 0 Å². The Bertz CT molecular complexity index is 574. The molecule has 4 heteroatoms. The van der Waals surface area contributed by atoms with Crippen molar-refractivity contribution in [3.05, 3.63) is 35.3 Å². The van der Waals surface area contributed by atoms with Gasteiger partial charge < -0.3 is 4.42 Å². The molecule has 0 aliphatic heterocycles. The molecule has 1 aromatic carbocycles. The average molecular weight is 248 g/mol. The first-order chi connectivity index (χ1) is 8.70. The van der Waals surface area contributed by atoms with Crippen LogP contribution in [-0.2, 0) is 0 Å². The van der Waals surface area contributed by atoms with E-state index >= 15 is 0 Å². The van der Waals surface area contributed by atoms with Crippen LogP contribution < -0.4 is 11.3 Å². The van der Waals surface area contributed by atoms with Gasteiger partial charge in [0.05, 0.1) is 6.04 Å². The van der Waals surface area contributed by atoms with E-state index < -0.39 is 0 Å². The highest BCUT2D eigenvalue weighted by atomic mass is 19.1. The Morgan fingerprint density at radius 2 is 2.22 bits per heavy atom. The Hall–Kier alpha value is -1.39. The molecule has 1 aromatic heterocycles. The quantitative estimate of drug-likeness (QED) is 0.648. The summed E-state index contributed by atoms with van der Waals surface area (Å²) in [5, 5.41) is 0.838. The van der Waals surface area contributed by atoms with Crippen LogP contribution in [0.25, 0.3) is 11.0 Å². The van der Waals surface area contributed by atoms with Crippen LogP contribution in [0.15, 0.2) is 22.6 Å². The highest BCUT2D eigenvalue weighted by Crippen LogP contribution is 2.40. The van der Waals surface area contributed by atoms with Gasteiger partial charge in [0.25, 0.3) is 0 Å². The summed E-state index contributed by atoms with van der Waals surface area (Å²) in [4.78, 5) is 0. The molecule has 1 fully saturated rings. The second kappa shape index (κ2) is 4.37. The van der Waals surface area contributed by atoms with E-state index in [4.69, 9.17) is 10.3 Å². The van der Waals surface area contributed by atoms with Crippen molar-refractivity contribution in [3.63, 3.8) is 0 Å². The number of halogens is 1. The van der Waals surface area contributed by atoms with E-state index in [2.05, 4.69) is 5.43 Å². The molecule has 0 saturated heterocycles. The van der Waals surface area contributed by atoms with E-state index in [1.807, 2.05) is 6.92 Å². The van der Waals surface area contributed by atoms with Crippen molar-refractivity contribution in [2.45, 2.75) is 32.2 Å². The monoisotopic (exact) mass is 248 g/mol. The van der Waals surface area contributed by atoms with Gasteiger partial charge in [0.1, 0.15) is 17.2 Å². The zero-order valence-corrected chi connectivity index (χ0v) is 10.4. The fourth-order valence-electron chi connectivity index (χ4n) is 2.71. The van der Waals surface area contributed by atoms with E-state index in [9.17, 15) is 4.39 Å². The SMILES string of the molecule is Cc1c(C(NN)C2CCC2)oc2ccc(F)cc12. The molecule has 1 aliphatic rings. The van der Waals surface area contributed by atoms with E-state index in [-0.39, 0.29) is 11.9 Å². The van der Waals surface area contributed by atoms with Gasteiger partial charge in [0, 0.05) is 10.9 Å². The van der Waals surface area contributed by atoms with Crippen LogP contribution in [0.4, 0.5) is 4.39 Å². The van der Waals surface area contributed by atoms with Gasteiger partial charge in [-0.15, -0.1) is 0 Å². The third-order valence-electron chi connectivity index (χ3n) is 4.02. The fourth-order valence-corrected chi connectivity index (χ4v) is 2.71. The first-order valence-electron chi connectivity index (χ1n) is 6.35. The predicted octanol–water partition coefficient (Wildman–Crippen LogP) is 3.18. The Balaban J connectivity index is 2.07. The van der Waals surface area contributed by atoms with Gasteiger partial charge in [-0.05, 0) is 43.9 Å². The number of hydrazine groups is 1. The van der Waals surface area contributed by atoms with E-state index in [1.54, 1.807) is 6.07 Å². The zero-order chi connectivity index (χ0) is 12.7. The fraction of sp³-hybridized carbons (Fsp3) is 0.429. The Kier molecular flexibility index (Phi) is 2.84. The highest BCUT2D eigenvalue weighted by molar-refractivity contribution is 5.82. The van der Waals surface area contributed by atoms with Crippen LogP contribution in [0, 0.1) is 18.7 Å². The summed E-state index contributed by atoms with van der Waals surface area (Å²) in [5.74, 6) is 6.79. The van der Waals surface area contributed by atoms with E-state index in [1.165, 1.54) is 31.4 Å². The molecule has 0 spiro atoms. The maximum atomic E-state index is 13.3. The van der Waals surface area contributed by atoms with Crippen LogP contribution in [-0.4, -0.2) is 0 Å². The first-order valence-corrected chi connectivity index (χ1v) is 6.35. The molecule has 1 aliphatic carbocycles. The lowest BCUT2D eigenvalue weighted by Gasteiger charge is -2.32. The van der Waals surface area contributed by atoms with Crippen molar-refractivity contribution >= 4 is 11.0 Å². The van der Waals surface area contributed by atoms with Crippen molar-refractivity contribution in [1.29, 1.82) is 0 Å². The van der Waals surface area contributed by atoms with Gasteiger partial charge in [-0.3, -0.25) is 5.84 Å². The molecule has 96 valence electrons. The normalized spacial score (nSPS) is 17.9. The number of fused-ring (bicyclic) bond motifs is 1. The maximum Gasteiger partial charge on any atom is 0.134 e. The minimum Gasteiger partial charge on any atom is -0.459 e. The largest absolute Gasteiger partial charge is 0.459 e. The molecule has 0 radical (unpaired) electrons. The Morgan fingerprint density at radius 3 is 2.83 bits per heavy atom. The van der Waals surface area contributed by atoms with Gasteiger partial charge in [-0.1, -0.05) is 6.42 Å². The molecule has 1 unspecified atom stereocenters. The van der Waals surface area contributed by atoms with Crippen LogP contribution in [0.5, 0.6) is 0 Å². The van der Waals surface area contributed by atoms with Crippen molar-refractivity contribution in [1.82, 2.24) is 5.43 Å². The Labute approximate surface area is 105 Å². The molecule has 18 heavy (non-hydrogen) atoms. The van der Waals surface area contributed by atoms with Crippen molar-refractivity contribution in [2.24, 2.45) is 11.8 Å². The van der Waals surface area contributed by atoms with Crippen molar-refractivity contribution in [2.75, 3.05) is 0 Å². The molecule has 3 nitrogen and oxygen atoms in total. The first kappa shape index (κ1) is 11.7. The summed E-state index contributed by atoms with van der Waals surface area (Å²) in [7, 11) is 0. The predicted molar refractivity (Wildman–Crippen MR) is 68.3 cm³/mol. The minimum atomic E-state index is -0.237. The van der Waals surface area contributed by atoms with Gasteiger partial charge in [-0.25, -0.2) is 9.82 Å². The van der Waals surface area contributed by atoms with Gasteiger partial charge >= 0.3 is 0 Å². The van der Waals surface area contributed by atoms with Gasteiger partial charge in [0.15, 0.2) is 0 Å². The van der Waals surface area contributed by atoms with Crippen LogP contribution >= 0.6 is 0 Å². The van der Waals surface area contributed by atoms with Gasteiger partial charge in [0.2, 0.25) is 0 Å². The molecule has 1 saturated carbocycles. The summed E-state index contributed by atoms with van der Waals surface area (Å²) in [6.07, 6.45) is 3.58. The number of nitrogens with one attached hydrogen (secondary N) is 1. The molecular formula is C14H17FN2O. The highest BCUT2D eigenvalue weighted by Gasteiger charge is 2.31. The summed E-state index contributed by atoms with van der Waals surface area (Å²) >= 11 is 0. The number of hydrogen-bond donors (Lipinski definition) is 2. The maximum absolute atomic E-state index is 13.3. The van der Waals surface area contributed by atoms with Crippen molar-refractivity contribution in [3.8, 4) is 0 Å². The van der Waals surface area contributed by atoms with Crippen molar-refractivity contribution < 1.29 is 8.81 Å².